The molecule has 0 unspecified atom stereocenters. The van der Waals surface area contributed by atoms with E-state index in [-0.39, 0.29) is 0 Å². The highest BCUT2D eigenvalue weighted by atomic mass is 14.9. The van der Waals surface area contributed by atoms with Crippen molar-refractivity contribution >= 4 is 21.7 Å². The van der Waals surface area contributed by atoms with Crippen LogP contribution in [0.15, 0.2) is 170 Å². The largest absolute Gasteiger partial charge is 0.228 e. The minimum atomic E-state index is 0.734. The second kappa shape index (κ2) is 11.1. The summed E-state index contributed by atoms with van der Waals surface area (Å²) in [5.41, 5.74) is 11.2. The lowest BCUT2D eigenvalue weighted by molar-refractivity contribution is 1.23. The average molecular weight is 561 g/mol. The molecule has 0 amide bonds. The molecule has 44 heavy (non-hydrogen) atoms. The molecule has 2 heteroatoms. The number of hydrogen-bond acceptors (Lipinski definition) is 2. The van der Waals surface area contributed by atoms with Crippen LogP contribution in [0.3, 0.4) is 0 Å². The Bertz CT molecular complexity index is 2250. The highest BCUT2D eigenvalue weighted by molar-refractivity contribution is 6.12. The highest BCUT2D eigenvalue weighted by Crippen LogP contribution is 2.36. The first-order valence-electron chi connectivity index (χ1n) is 14.9. The van der Waals surface area contributed by atoms with Crippen LogP contribution in [0.4, 0.5) is 0 Å². The molecular formula is C42H28N2. The molecule has 0 aliphatic heterocycles. The monoisotopic (exact) mass is 560 g/mol. The molecule has 0 atom stereocenters. The van der Waals surface area contributed by atoms with Gasteiger partial charge in [-0.15, -0.1) is 0 Å². The highest BCUT2D eigenvalue weighted by Gasteiger charge is 2.14. The summed E-state index contributed by atoms with van der Waals surface area (Å²) in [7, 11) is 0. The molecule has 8 aromatic rings. The van der Waals surface area contributed by atoms with E-state index in [4.69, 9.17) is 9.97 Å². The third kappa shape index (κ3) is 4.83. The Morgan fingerprint density at radius 2 is 0.818 bits per heavy atom. The zero-order valence-electron chi connectivity index (χ0n) is 24.1. The maximum absolute atomic E-state index is 5.17. The van der Waals surface area contributed by atoms with Gasteiger partial charge in [-0.3, -0.25) is 0 Å². The standard InChI is InChI=1S/C42H28N2/c1-3-11-29(12-4-1)34-16-9-18-36(27-34)37-19-10-17-35(28-37)30-21-23-32(24-22-30)41-40-38-20-8-7-13-31(38)25-26-39(40)43-42(44-41)33-14-5-2-6-15-33/h1-28H. The summed E-state index contributed by atoms with van der Waals surface area (Å²) in [5, 5.41) is 3.42. The van der Waals surface area contributed by atoms with Gasteiger partial charge in [0, 0.05) is 16.5 Å². The van der Waals surface area contributed by atoms with Gasteiger partial charge in [0.2, 0.25) is 0 Å². The summed E-state index contributed by atoms with van der Waals surface area (Å²) < 4.78 is 0. The normalized spacial score (nSPS) is 11.2. The Morgan fingerprint density at radius 1 is 0.318 bits per heavy atom. The van der Waals surface area contributed by atoms with Gasteiger partial charge in [0.25, 0.3) is 0 Å². The zero-order valence-corrected chi connectivity index (χ0v) is 24.1. The molecule has 0 radical (unpaired) electrons. The molecule has 0 fully saturated rings. The molecule has 0 bridgehead atoms. The average Bonchev–Trinajstić information content (AvgIpc) is 3.12. The van der Waals surface area contributed by atoms with Crippen molar-refractivity contribution in [1.82, 2.24) is 9.97 Å². The van der Waals surface area contributed by atoms with Crippen LogP contribution in [0.1, 0.15) is 0 Å². The lowest BCUT2D eigenvalue weighted by atomic mass is 9.95. The molecule has 0 saturated carbocycles. The van der Waals surface area contributed by atoms with Crippen molar-refractivity contribution in [3.63, 3.8) is 0 Å². The van der Waals surface area contributed by atoms with Crippen molar-refractivity contribution in [2.45, 2.75) is 0 Å². The number of aromatic nitrogens is 2. The summed E-state index contributed by atoms with van der Waals surface area (Å²) in [6.45, 7) is 0. The summed E-state index contributed by atoms with van der Waals surface area (Å²) >= 11 is 0. The summed E-state index contributed by atoms with van der Waals surface area (Å²) in [5.74, 6) is 0.734. The van der Waals surface area contributed by atoms with Crippen molar-refractivity contribution in [2.75, 3.05) is 0 Å². The number of fused-ring (bicyclic) bond motifs is 3. The fourth-order valence-electron chi connectivity index (χ4n) is 6.04. The molecule has 2 nitrogen and oxygen atoms in total. The van der Waals surface area contributed by atoms with Crippen LogP contribution in [0.2, 0.25) is 0 Å². The van der Waals surface area contributed by atoms with Crippen LogP contribution in [-0.4, -0.2) is 9.97 Å². The molecule has 0 spiro atoms. The quantitative estimate of drug-likeness (QED) is 0.196. The predicted molar refractivity (Wildman–Crippen MR) is 184 cm³/mol. The van der Waals surface area contributed by atoms with E-state index in [1.807, 2.05) is 18.2 Å². The van der Waals surface area contributed by atoms with Gasteiger partial charge < -0.3 is 0 Å². The van der Waals surface area contributed by atoms with Crippen LogP contribution in [0, 0.1) is 0 Å². The fourth-order valence-corrected chi connectivity index (χ4v) is 6.04. The van der Waals surface area contributed by atoms with Gasteiger partial charge >= 0.3 is 0 Å². The van der Waals surface area contributed by atoms with Crippen LogP contribution in [0.25, 0.3) is 77.7 Å². The van der Waals surface area contributed by atoms with E-state index in [9.17, 15) is 0 Å². The maximum atomic E-state index is 5.17. The van der Waals surface area contributed by atoms with Crippen LogP contribution in [0.5, 0.6) is 0 Å². The fraction of sp³-hybridized carbons (Fsp3) is 0. The second-order valence-corrected chi connectivity index (χ2v) is 11.0. The van der Waals surface area contributed by atoms with E-state index in [2.05, 4.69) is 152 Å². The molecule has 0 aliphatic carbocycles. The topological polar surface area (TPSA) is 25.8 Å². The van der Waals surface area contributed by atoms with Crippen molar-refractivity contribution < 1.29 is 0 Å². The number of rotatable bonds is 5. The van der Waals surface area contributed by atoms with E-state index in [0.717, 1.165) is 38.9 Å². The van der Waals surface area contributed by atoms with Gasteiger partial charge in [-0.05, 0) is 62.4 Å². The molecule has 1 aromatic heterocycles. The van der Waals surface area contributed by atoms with Gasteiger partial charge in [0.15, 0.2) is 5.82 Å². The zero-order chi connectivity index (χ0) is 29.3. The Labute approximate surface area is 257 Å². The van der Waals surface area contributed by atoms with Gasteiger partial charge in [0.1, 0.15) is 0 Å². The predicted octanol–water partition coefficient (Wildman–Crippen LogP) is 11.1. The number of nitrogens with zero attached hydrogens (tertiary/aromatic N) is 2. The van der Waals surface area contributed by atoms with Crippen molar-refractivity contribution in [1.29, 1.82) is 0 Å². The summed E-state index contributed by atoms with van der Waals surface area (Å²) in [6.07, 6.45) is 0. The first kappa shape index (κ1) is 25.8. The molecule has 206 valence electrons. The van der Waals surface area contributed by atoms with Crippen molar-refractivity contribution in [3.8, 4) is 56.0 Å². The second-order valence-electron chi connectivity index (χ2n) is 11.0. The van der Waals surface area contributed by atoms with Crippen molar-refractivity contribution in [3.05, 3.63) is 170 Å². The van der Waals surface area contributed by atoms with Gasteiger partial charge in [-0.1, -0.05) is 152 Å². The molecule has 0 aliphatic rings. The van der Waals surface area contributed by atoms with Crippen LogP contribution in [-0.2, 0) is 0 Å². The van der Waals surface area contributed by atoms with Crippen molar-refractivity contribution in [2.24, 2.45) is 0 Å². The lowest BCUT2D eigenvalue weighted by Gasteiger charge is -2.13. The molecule has 8 rings (SSSR count). The SMILES string of the molecule is c1ccc(-c2cccc(-c3cccc(-c4ccc(-c5nc(-c6ccccc6)nc6ccc7ccccc7c56)cc4)c3)c2)cc1. The van der Waals surface area contributed by atoms with Crippen LogP contribution < -0.4 is 0 Å². The molecule has 0 saturated heterocycles. The summed E-state index contributed by atoms with van der Waals surface area (Å²) in [6, 6.07) is 59.8. The lowest BCUT2D eigenvalue weighted by Crippen LogP contribution is -1.96. The smallest absolute Gasteiger partial charge is 0.160 e. The first-order valence-corrected chi connectivity index (χ1v) is 14.9. The Hall–Kier alpha value is -5.86. The van der Waals surface area contributed by atoms with E-state index in [1.54, 1.807) is 0 Å². The third-order valence-corrected chi connectivity index (χ3v) is 8.28. The Balaban J connectivity index is 1.20. The molecule has 0 N–H and O–H groups in total. The molecule has 1 heterocycles. The van der Waals surface area contributed by atoms with Gasteiger partial charge in [-0.25, -0.2) is 9.97 Å². The summed E-state index contributed by atoms with van der Waals surface area (Å²) in [4.78, 5) is 10.2. The minimum absolute atomic E-state index is 0.734. The molecule has 7 aromatic carbocycles. The van der Waals surface area contributed by atoms with E-state index < -0.39 is 0 Å². The number of hydrogen-bond donors (Lipinski definition) is 0. The van der Waals surface area contributed by atoms with E-state index in [0.29, 0.717) is 0 Å². The maximum Gasteiger partial charge on any atom is 0.160 e. The Kier molecular flexibility index (Phi) is 6.51. The van der Waals surface area contributed by atoms with Gasteiger partial charge in [-0.2, -0.15) is 0 Å². The van der Waals surface area contributed by atoms with E-state index in [1.165, 1.54) is 38.8 Å². The molecular weight excluding hydrogens is 532 g/mol. The van der Waals surface area contributed by atoms with E-state index >= 15 is 0 Å². The first-order chi connectivity index (χ1) is 21.8. The Morgan fingerprint density at radius 3 is 1.48 bits per heavy atom. The third-order valence-electron chi connectivity index (χ3n) is 8.28. The van der Waals surface area contributed by atoms with Gasteiger partial charge in [0.05, 0.1) is 11.2 Å². The number of benzene rings is 7. The van der Waals surface area contributed by atoms with Crippen LogP contribution >= 0.6 is 0 Å². The minimum Gasteiger partial charge on any atom is -0.228 e.